The minimum atomic E-state index is -0.897. The van der Waals surface area contributed by atoms with Crippen LogP contribution in [-0.2, 0) is 14.4 Å². The molecule has 40 heavy (non-hydrogen) atoms. The van der Waals surface area contributed by atoms with Gasteiger partial charge in [0.2, 0.25) is 0 Å². The predicted molar refractivity (Wildman–Crippen MR) is 151 cm³/mol. The number of anilines is 2. The smallest absolute Gasteiger partial charge is 0.335 e. The molecule has 0 atom stereocenters. The molecular formula is C28H22BrClFN3O6. The van der Waals surface area contributed by atoms with Crippen LogP contribution in [0.2, 0.25) is 5.02 Å². The average molecular weight is 631 g/mol. The first-order valence-corrected chi connectivity index (χ1v) is 13.1. The molecule has 1 fully saturated rings. The number of hydrogen-bond acceptors (Lipinski definition) is 6. The zero-order chi connectivity index (χ0) is 29.0. The second-order valence-corrected chi connectivity index (χ2v) is 9.68. The molecule has 12 heteroatoms. The maximum absolute atomic E-state index is 13.8. The van der Waals surface area contributed by atoms with E-state index >= 15 is 0 Å². The molecule has 206 valence electrons. The summed E-state index contributed by atoms with van der Waals surface area (Å²) in [6, 6.07) is 12.6. The SMILES string of the molecule is CCOc1cc(/C=C2/C(=O)NC(=O)N(c3cccc(Cl)c3C)C2=O)cc(Br)c1OCC(=O)Nc1ccccc1F. The Morgan fingerprint density at radius 3 is 2.60 bits per heavy atom. The van der Waals surface area contributed by atoms with Gasteiger partial charge in [0, 0.05) is 5.02 Å². The second-order valence-electron chi connectivity index (χ2n) is 8.42. The molecule has 0 radical (unpaired) electrons. The summed E-state index contributed by atoms with van der Waals surface area (Å²) in [7, 11) is 0. The van der Waals surface area contributed by atoms with E-state index in [0.29, 0.717) is 20.6 Å². The first-order valence-electron chi connectivity index (χ1n) is 11.9. The van der Waals surface area contributed by atoms with Crippen molar-refractivity contribution in [3.63, 3.8) is 0 Å². The predicted octanol–water partition coefficient (Wildman–Crippen LogP) is 5.63. The summed E-state index contributed by atoms with van der Waals surface area (Å²) in [5, 5.41) is 4.95. The van der Waals surface area contributed by atoms with Crippen LogP contribution < -0.4 is 25.0 Å². The van der Waals surface area contributed by atoms with Crippen molar-refractivity contribution in [2.24, 2.45) is 0 Å². The molecule has 3 aromatic rings. The number of ether oxygens (including phenoxy) is 2. The van der Waals surface area contributed by atoms with Crippen molar-refractivity contribution in [2.75, 3.05) is 23.4 Å². The van der Waals surface area contributed by atoms with E-state index in [1.54, 1.807) is 44.2 Å². The van der Waals surface area contributed by atoms with Gasteiger partial charge in [-0.25, -0.2) is 14.1 Å². The molecule has 9 nitrogen and oxygen atoms in total. The van der Waals surface area contributed by atoms with E-state index in [-0.39, 0.29) is 35.1 Å². The second kappa shape index (κ2) is 12.3. The van der Waals surface area contributed by atoms with Gasteiger partial charge in [-0.3, -0.25) is 19.7 Å². The maximum atomic E-state index is 13.8. The molecule has 4 rings (SSSR count). The number of benzene rings is 3. The van der Waals surface area contributed by atoms with E-state index in [0.717, 1.165) is 4.90 Å². The van der Waals surface area contributed by atoms with Crippen LogP contribution in [0.4, 0.5) is 20.6 Å². The molecule has 5 amide bonds. The van der Waals surface area contributed by atoms with Gasteiger partial charge in [-0.15, -0.1) is 0 Å². The zero-order valence-electron chi connectivity index (χ0n) is 21.2. The van der Waals surface area contributed by atoms with Crippen LogP contribution in [-0.4, -0.2) is 37.0 Å². The number of nitrogens with one attached hydrogen (secondary N) is 2. The van der Waals surface area contributed by atoms with Crippen LogP contribution >= 0.6 is 27.5 Å². The van der Waals surface area contributed by atoms with Crippen LogP contribution in [0.1, 0.15) is 18.1 Å². The number of nitrogens with zero attached hydrogens (tertiary/aromatic N) is 1. The lowest BCUT2D eigenvalue weighted by molar-refractivity contribution is -0.122. The van der Waals surface area contributed by atoms with E-state index in [1.165, 1.54) is 30.3 Å². The van der Waals surface area contributed by atoms with Crippen LogP contribution in [0, 0.1) is 12.7 Å². The van der Waals surface area contributed by atoms with Gasteiger partial charge in [0.1, 0.15) is 11.4 Å². The molecule has 0 aliphatic carbocycles. The van der Waals surface area contributed by atoms with E-state index < -0.39 is 36.2 Å². The standard InChI is InChI=1S/C28H22BrClFN3O6/c1-3-39-23-13-16(12-18(29)25(23)40-14-24(35)32-21-9-5-4-8-20(21)31)11-17-26(36)33-28(38)34(27(17)37)22-10-6-7-19(30)15(22)2/h4-13H,3,14H2,1-2H3,(H,32,35)(H,33,36,38)/b17-11-. The van der Waals surface area contributed by atoms with Gasteiger partial charge in [0.15, 0.2) is 18.1 Å². The Morgan fingerprint density at radius 2 is 1.88 bits per heavy atom. The molecule has 1 heterocycles. The molecule has 1 aliphatic heterocycles. The summed E-state index contributed by atoms with van der Waals surface area (Å²) in [5.74, 6) is -2.50. The van der Waals surface area contributed by atoms with Crippen LogP contribution in [0.3, 0.4) is 0 Å². The highest BCUT2D eigenvalue weighted by atomic mass is 79.9. The number of amides is 5. The third kappa shape index (κ3) is 6.16. The Labute approximate surface area is 242 Å². The zero-order valence-corrected chi connectivity index (χ0v) is 23.6. The molecule has 0 aromatic heterocycles. The monoisotopic (exact) mass is 629 g/mol. The number of urea groups is 1. The van der Waals surface area contributed by atoms with E-state index in [9.17, 15) is 23.6 Å². The Kier molecular flexibility index (Phi) is 8.86. The fourth-order valence-corrected chi connectivity index (χ4v) is 4.59. The number of hydrogen-bond donors (Lipinski definition) is 2. The number of carbonyl (C=O) groups is 4. The average Bonchev–Trinajstić information content (AvgIpc) is 2.90. The van der Waals surface area contributed by atoms with Gasteiger partial charge in [0.25, 0.3) is 17.7 Å². The fourth-order valence-electron chi connectivity index (χ4n) is 3.84. The number of carbonyl (C=O) groups excluding carboxylic acids is 4. The Balaban J connectivity index is 1.61. The molecule has 0 unspecified atom stereocenters. The van der Waals surface area contributed by atoms with Crippen molar-refractivity contribution in [1.29, 1.82) is 0 Å². The number of halogens is 3. The van der Waals surface area contributed by atoms with Crippen LogP contribution in [0.25, 0.3) is 6.08 Å². The van der Waals surface area contributed by atoms with Crippen LogP contribution in [0.15, 0.2) is 64.6 Å². The van der Waals surface area contributed by atoms with Gasteiger partial charge in [0.05, 0.1) is 22.5 Å². The molecule has 3 aromatic carbocycles. The highest BCUT2D eigenvalue weighted by Crippen LogP contribution is 2.38. The topological polar surface area (TPSA) is 114 Å². The summed E-state index contributed by atoms with van der Waals surface area (Å²) in [6.45, 7) is 3.17. The minimum Gasteiger partial charge on any atom is -0.490 e. The van der Waals surface area contributed by atoms with E-state index in [1.807, 2.05) is 0 Å². The third-order valence-corrected chi connectivity index (χ3v) is 6.72. The Hall–Kier alpha value is -4.22. The number of imide groups is 2. The Bertz CT molecular complexity index is 1560. The van der Waals surface area contributed by atoms with Gasteiger partial charge in [-0.05, 0) is 83.4 Å². The molecular weight excluding hydrogens is 609 g/mol. The summed E-state index contributed by atoms with van der Waals surface area (Å²) >= 11 is 9.55. The molecule has 0 saturated carbocycles. The Morgan fingerprint density at radius 1 is 1.12 bits per heavy atom. The molecule has 1 aliphatic rings. The van der Waals surface area contributed by atoms with Gasteiger partial charge in [-0.1, -0.05) is 29.8 Å². The number of para-hydroxylation sites is 1. The fraction of sp³-hybridized carbons (Fsp3) is 0.143. The molecule has 0 bridgehead atoms. The van der Waals surface area contributed by atoms with Crippen molar-refractivity contribution in [2.45, 2.75) is 13.8 Å². The summed E-state index contributed by atoms with van der Waals surface area (Å²) in [5.41, 5.74) is 0.809. The molecule has 0 spiro atoms. The van der Waals surface area contributed by atoms with Crippen LogP contribution in [0.5, 0.6) is 11.5 Å². The lowest BCUT2D eigenvalue weighted by atomic mass is 10.1. The summed E-state index contributed by atoms with van der Waals surface area (Å²) < 4.78 is 25.5. The number of barbiturate groups is 1. The normalized spacial score (nSPS) is 14.3. The summed E-state index contributed by atoms with van der Waals surface area (Å²) in [4.78, 5) is 51.7. The van der Waals surface area contributed by atoms with Gasteiger partial charge in [-0.2, -0.15) is 0 Å². The van der Waals surface area contributed by atoms with Crippen molar-refractivity contribution in [1.82, 2.24) is 5.32 Å². The van der Waals surface area contributed by atoms with Crippen molar-refractivity contribution in [3.05, 3.63) is 86.6 Å². The summed E-state index contributed by atoms with van der Waals surface area (Å²) in [6.07, 6.45) is 1.30. The third-order valence-electron chi connectivity index (χ3n) is 5.72. The highest BCUT2D eigenvalue weighted by Gasteiger charge is 2.37. The van der Waals surface area contributed by atoms with Gasteiger partial charge >= 0.3 is 6.03 Å². The lowest BCUT2D eigenvalue weighted by Gasteiger charge is -2.27. The lowest BCUT2D eigenvalue weighted by Crippen LogP contribution is -2.54. The van der Waals surface area contributed by atoms with Crippen molar-refractivity contribution >= 4 is 68.7 Å². The van der Waals surface area contributed by atoms with E-state index in [4.69, 9.17) is 21.1 Å². The molecule has 2 N–H and O–H groups in total. The first kappa shape index (κ1) is 28.8. The number of rotatable bonds is 8. The maximum Gasteiger partial charge on any atom is 0.335 e. The van der Waals surface area contributed by atoms with Crippen molar-refractivity contribution in [3.8, 4) is 11.5 Å². The largest absolute Gasteiger partial charge is 0.490 e. The molecule has 1 saturated heterocycles. The first-order chi connectivity index (χ1) is 19.1. The quantitative estimate of drug-likeness (QED) is 0.246. The van der Waals surface area contributed by atoms with E-state index in [2.05, 4.69) is 26.6 Å². The van der Waals surface area contributed by atoms with Gasteiger partial charge < -0.3 is 14.8 Å². The highest BCUT2D eigenvalue weighted by molar-refractivity contribution is 9.10. The minimum absolute atomic E-state index is 0.0121. The van der Waals surface area contributed by atoms with Crippen molar-refractivity contribution < 1.29 is 33.0 Å².